The van der Waals surface area contributed by atoms with E-state index in [4.69, 9.17) is 11.6 Å². The molecule has 0 saturated carbocycles. The smallest absolute Gasteiger partial charge is 0.246 e. The summed E-state index contributed by atoms with van der Waals surface area (Å²) in [7, 11) is -3.39. The number of nitrogens with one attached hydrogen (secondary N) is 1. The van der Waals surface area contributed by atoms with Crippen molar-refractivity contribution < 1.29 is 8.42 Å². The maximum atomic E-state index is 11.2. The Hall–Kier alpha value is -0.0100. The molecule has 0 atom stereocenters. The minimum absolute atomic E-state index is 0.432. The van der Waals surface area contributed by atoms with Crippen LogP contribution < -0.4 is 4.72 Å². The molecule has 0 spiro atoms. The van der Waals surface area contributed by atoms with Gasteiger partial charge >= 0.3 is 0 Å². The van der Waals surface area contributed by atoms with Crippen LogP contribution in [-0.2, 0) is 10.0 Å². The zero-order valence-electron chi connectivity index (χ0n) is 7.42. The Labute approximate surface area is 102 Å². The fourth-order valence-corrected chi connectivity index (χ4v) is 2.37. The summed E-state index contributed by atoms with van der Waals surface area (Å²) in [6.07, 6.45) is 0. The molecule has 78 valence electrons. The molecule has 0 unspecified atom stereocenters. The third-order valence-electron chi connectivity index (χ3n) is 1.60. The van der Waals surface area contributed by atoms with Gasteiger partial charge in [0.05, 0.1) is 5.69 Å². The second-order valence-electron chi connectivity index (χ2n) is 2.79. The Balaban J connectivity index is 2.99. The summed E-state index contributed by atoms with van der Waals surface area (Å²) in [5.41, 5.74) is 1.46. The summed E-state index contributed by atoms with van der Waals surface area (Å²) in [6, 6.07) is 5.45. The molecule has 1 N–H and O–H groups in total. The van der Waals surface area contributed by atoms with Gasteiger partial charge in [0, 0.05) is 3.57 Å². The highest BCUT2D eigenvalue weighted by Gasteiger charge is 2.09. The highest BCUT2D eigenvalue weighted by molar-refractivity contribution is 14.1. The fourth-order valence-electron chi connectivity index (χ4n) is 0.936. The van der Waals surface area contributed by atoms with E-state index in [-0.39, 0.29) is 0 Å². The molecular formula is C8H9ClINO2S. The van der Waals surface area contributed by atoms with Gasteiger partial charge in [-0.1, -0.05) is 0 Å². The van der Waals surface area contributed by atoms with E-state index in [1.54, 1.807) is 6.07 Å². The highest BCUT2D eigenvalue weighted by Crippen LogP contribution is 2.19. The van der Waals surface area contributed by atoms with E-state index in [1.807, 2.05) is 19.1 Å². The van der Waals surface area contributed by atoms with Crippen LogP contribution in [0.3, 0.4) is 0 Å². The first-order valence-corrected chi connectivity index (χ1v) is 7.04. The lowest BCUT2D eigenvalue weighted by Crippen LogP contribution is -2.14. The molecule has 3 nitrogen and oxygen atoms in total. The highest BCUT2D eigenvalue weighted by atomic mass is 127. The van der Waals surface area contributed by atoms with E-state index < -0.39 is 15.2 Å². The predicted molar refractivity (Wildman–Crippen MR) is 67.2 cm³/mol. The van der Waals surface area contributed by atoms with Gasteiger partial charge in [0.1, 0.15) is 5.21 Å². The molecule has 0 amide bonds. The Morgan fingerprint density at radius 1 is 1.50 bits per heavy atom. The van der Waals surface area contributed by atoms with Gasteiger partial charge in [-0.15, -0.1) is 11.6 Å². The number of hydrogen-bond acceptors (Lipinski definition) is 2. The van der Waals surface area contributed by atoms with Crippen molar-refractivity contribution in [2.75, 3.05) is 9.93 Å². The molecule has 0 aliphatic rings. The number of halogens is 2. The monoisotopic (exact) mass is 345 g/mol. The van der Waals surface area contributed by atoms with Crippen molar-refractivity contribution in [1.29, 1.82) is 0 Å². The van der Waals surface area contributed by atoms with Crippen LogP contribution in [0.5, 0.6) is 0 Å². The fraction of sp³-hybridized carbons (Fsp3) is 0.250. The lowest BCUT2D eigenvalue weighted by atomic mass is 10.2. The van der Waals surface area contributed by atoms with Crippen LogP contribution in [0.25, 0.3) is 0 Å². The molecular weight excluding hydrogens is 337 g/mol. The first-order valence-electron chi connectivity index (χ1n) is 3.77. The topological polar surface area (TPSA) is 46.2 Å². The van der Waals surface area contributed by atoms with Gasteiger partial charge in [-0.05, 0) is 53.3 Å². The molecule has 0 saturated heterocycles. The zero-order valence-corrected chi connectivity index (χ0v) is 11.1. The molecule has 1 rings (SSSR count). The van der Waals surface area contributed by atoms with Gasteiger partial charge in [-0.25, -0.2) is 8.42 Å². The van der Waals surface area contributed by atoms with Crippen molar-refractivity contribution in [3.63, 3.8) is 0 Å². The summed E-state index contributed by atoms with van der Waals surface area (Å²) < 4.78 is 25.8. The van der Waals surface area contributed by atoms with Crippen LogP contribution in [-0.4, -0.2) is 13.6 Å². The summed E-state index contributed by atoms with van der Waals surface area (Å²) in [4.78, 5) is 0. The van der Waals surface area contributed by atoms with Crippen LogP contribution in [0, 0.1) is 10.5 Å². The largest absolute Gasteiger partial charge is 0.282 e. The number of alkyl halides is 1. The maximum Gasteiger partial charge on any atom is 0.246 e. The SMILES string of the molecule is Cc1cc(I)ccc1NS(=O)(=O)CCl. The van der Waals surface area contributed by atoms with Gasteiger partial charge in [0.2, 0.25) is 10.0 Å². The standard InChI is InChI=1S/C8H9ClINO2S/c1-6-4-7(10)2-3-8(6)11-14(12,13)5-9/h2-4,11H,5H2,1H3. The van der Waals surface area contributed by atoms with Crippen LogP contribution >= 0.6 is 34.2 Å². The Bertz CT molecular complexity index is 433. The van der Waals surface area contributed by atoms with Gasteiger partial charge < -0.3 is 0 Å². The second-order valence-corrected chi connectivity index (χ2v) is 6.34. The van der Waals surface area contributed by atoms with Gasteiger partial charge in [-0.3, -0.25) is 4.72 Å². The van der Waals surface area contributed by atoms with Crippen LogP contribution in [0.2, 0.25) is 0 Å². The zero-order chi connectivity index (χ0) is 10.8. The van der Waals surface area contributed by atoms with Crippen molar-refractivity contribution in [2.45, 2.75) is 6.92 Å². The number of rotatable bonds is 3. The Morgan fingerprint density at radius 3 is 2.64 bits per heavy atom. The molecule has 0 bridgehead atoms. The molecule has 14 heavy (non-hydrogen) atoms. The first kappa shape index (κ1) is 12.1. The van der Waals surface area contributed by atoms with E-state index in [9.17, 15) is 8.42 Å². The number of aryl methyl sites for hydroxylation is 1. The van der Waals surface area contributed by atoms with E-state index >= 15 is 0 Å². The number of anilines is 1. The minimum Gasteiger partial charge on any atom is -0.282 e. The molecule has 6 heteroatoms. The number of benzene rings is 1. The average Bonchev–Trinajstić information content (AvgIpc) is 2.10. The van der Waals surface area contributed by atoms with Gasteiger partial charge in [0.15, 0.2) is 0 Å². The molecule has 0 aliphatic heterocycles. The Morgan fingerprint density at radius 2 is 2.14 bits per heavy atom. The van der Waals surface area contributed by atoms with Crippen LogP contribution in [0.4, 0.5) is 5.69 Å². The molecule has 0 heterocycles. The van der Waals surface area contributed by atoms with Crippen LogP contribution in [0.15, 0.2) is 18.2 Å². The Kier molecular flexibility index (Phi) is 4.03. The molecule has 0 aromatic heterocycles. The van der Waals surface area contributed by atoms with Crippen LogP contribution in [0.1, 0.15) is 5.56 Å². The summed E-state index contributed by atoms with van der Waals surface area (Å²) in [5.74, 6) is 0. The predicted octanol–water partition coefficient (Wildman–Crippen LogP) is 2.54. The molecule has 0 aliphatic carbocycles. The van der Waals surface area contributed by atoms with Crippen molar-refractivity contribution in [3.8, 4) is 0 Å². The third-order valence-corrected chi connectivity index (χ3v) is 3.95. The summed E-state index contributed by atoms with van der Waals surface area (Å²) in [6.45, 7) is 1.84. The van der Waals surface area contributed by atoms with E-state index in [1.165, 1.54) is 0 Å². The first-order chi connectivity index (χ1) is 6.44. The van der Waals surface area contributed by atoms with E-state index in [2.05, 4.69) is 27.3 Å². The maximum absolute atomic E-state index is 11.2. The second kappa shape index (κ2) is 4.67. The van der Waals surface area contributed by atoms with Gasteiger partial charge in [-0.2, -0.15) is 0 Å². The lowest BCUT2D eigenvalue weighted by Gasteiger charge is -2.08. The van der Waals surface area contributed by atoms with Crippen molar-refractivity contribution >= 4 is 49.9 Å². The normalized spacial score (nSPS) is 11.4. The quantitative estimate of drug-likeness (QED) is 0.676. The molecule has 0 fully saturated rings. The summed E-state index contributed by atoms with van der Waals surface area (Å²) in [5, 5.41) is -0.432. The minimum atomic E-state index is -3.39. The van der Waals surface area contributed by atoms with E-state index in [0.717, 1.165) is 9.13 Å². The molecule has 1 aromatic carbocycles. The lowest BCUT2D eigenvalue weighted by molar-refractivity contribution is 0.605. The summed E-state index contributed by atoms with van der Waals surface area (Å²) >= 11 is 7.44. The van der Waals surface area contributed by atoms with Gasteiger partial charge in [0.25, 0.3) is 0 Å². The van der Waals surface area contributed by atoms with Crippen molar-refractivity contribution in [2.24, 2.45) is 0 Å². The van der Waals surface area contributed by atoms with E-state index in [0.29, 0.717) is 5.69 Å². The van der Waals surface area contributed by atoms with Crippen molar-refractivity contribution in [3.05, 3.63) is 27.3 Å². The van der Waals surface area contributed by atoms with Crippen molar-refractivity contribution in [1.82, 2.24) is 0 Å². The third kappa shape index (κ3) is 3.29. The molecule has 0 radical (unpaired) electrons. The average molecular weight is 346 g/mol. The number of sulfonamides is 1. The number of hydrogen-bond donors (Lipinski definition) is 1. The molecule has 1 aromatic rings.